The second-order valence-electron chi connectivity index (χ2n) is 4.23. The van der Waals surface area contributed by atoms with Gasteiger partial charge < -0.3 is 10.6 Å². The zero-order valence-corrected chi connectivity index (χ0v) is 6.84. The quantitative estimate of drug-likeness (QED) is 0.507. The lowest BCUT2D eigenvalue weighted by Crippen LogP contribution is -2.42. The molecule has 1 aliphatic heterocycles. The summed E-state index contributed by atoms with van der Waals surface area (Å²) < 4.78 is 0. The number of carbonyl (C=O) groups excluding carboxylic acids is 1. The Kier molecular flexibility index (Phi) is 1.000. The fourth-order valence-electron chi connectivity index (χ4n) is 2.79. The minimum Gasteiger partial charge on any atom is -0.337 e. The molecule has 3 aliphatic rings. The van der Waals surface area contributed by atoms with Crippen LogP contribution in [0.15, 0.2) is 12.2 Å². The van der Waals surface area contributed by atoms with Gasteiger partial charge in [0.2, 0.25) is 0 Å². The first-order valence-electron chi connectivity index (χ1n) is 4.51. The molecular weight excluding hydrogens is 152 g/mol. The molecule has 64 valence electrons. The SMILES string of the molecule is O=C1NCC23C=CC(C2)C(C3)N1. The van der Waals surface area contributed by atoms with E-state index in [1.54, 1.807) is 0 Å². The summed E-state index contributed by atoms with van der Waals surface area (Å²) in [5.74, 6) is 0.607. The maximum Gasteiger partial charge on any atom is 0.315 e. The molecular formula is C9H12N2O. The van der Waals surface area contributed by atoms with Gasteiger partial charge in [0, 0.05) is 18.0 Å². The van der Waals surface area contributed by atoms with Crippen LogP contribution < -0.4 is 10.6 Å². The van der Waals surface area contributed by atoms with Crippen LogP contribution in [0.5, 0.6) is 0 Å². The van der Waals surface area contributed by atoms with E-state index in [-0.39, 0.29) is 6.03 Å². The number of fused-ring (bicyclic) bond motifs is 3. The summed E-state index contributed by atoms with van der Waals surface area (Å²) in [6.07, 6.45) is 6.92. The van der Waals surface area contributed by atoms with E-state index in [9.17, 15) is 4.79 Å². The van der Waals surface area contributed by atoms with Gasteiger partial charge in [0.15, 0.2) is 0 Å². The van der Waals surface area contributed by atoms with Crippen molar-refractivity contribution in [3.8, 4) is 0 Å². The average Bonchev–Trinajstić information content (AvgIpc) is 2.54. The van der Waals surface area contributed by atoms with Crippen molar-refractivity contribution in [3.63, 3.8) is 0 Å². The lowest BCUT2D eigenvalue weighted by molar-refractivity contribution is 0.235. The minimum atomic E-state index is 0.00951. The largest absolute Gasteiger partial charge is 0.337 e. The van der Waals surface area contributed by atoms with Crippen LogP contribution in [0.4, 0.5) is 4.79 Å². The first-order valence-corrected chi connectivity index (χ1v) is 4.51. The third-order valence-corrected chi connectivity index (χ3v) is 3.40. The topological polar surface area (TPSA) is 41.1 Å². The van der Waals surface area contributed by atoms with Crippen LogP contribution in [0.2, 0.25) is 0 Å². The normalized spacial score (nSPS) is 48.5. The van der Waals surface area contributed by atoms with Crippen molar-refractivity contribution < 1.29 is 4.79 Å². The maximum atomic E-state index is 11.1. The molecule has 12 heavy (non-hydrogen) atoms. The van der Waals surface area contributed by atoms with Gasteiger partial charge in [-0.05, 0) is 18.8 Å². The molecule has 3 nitrogen and oxygen atoms in total. The van der Waals surface area contributed by atoms with Crippen LogP contribution in [0, 0.1) is 11.3 Å². The molecule has 0 aromatic heterocycles. The molecule has 2 fully saturated rings. The van der Waals surface area contributed by atoms with Crippen LogP contribution in [-0.2, 0) is 0 Å². The molecule has 0 radical (unpaired) electrons. The van der Waals surface area contributed by atoms with Gasteiger partial charge in [0.1, 0.15) is 0 Å². The van der Waals surface area contributed by atoms with Gasteiger partial charge in [-0.3, -0.25) is 0 Å². The Labute approximate surface area is 71.2 Å². The first-order chi connectivity index (χ1) is 5.77. The molecule has 1 heterocycles. The number of nitrogens with one attached hydrogen (secondary N) is 2. The third-order valence-electron chi connectivity index (χ3n) is 3.40. The summed E-state index contributed by atoms with van der Waals surface area (Å²) in [4.78, 5) is 11.1. The van der Waals surface area contributed by atoms with Gasteiger partial charge in [0.05, 0.1) is 0 Å². The highest BCUT2D eigenvalue weighted by molar-refractivity contribution is 5.75. The highest BCUT2D eigenvalue weighted by atomic mass is 16.2. The van der Waals surface area contributed by atoms with E-state index in [0.29, 0.717) is 17.4 Å². The van der Waals surface area contributed by atoms with Crippen molar-refractivity contribution in [1.29, 1.82) is 0 Å². The molecule has 2 N–H and O–H groups in total. The summed E-state index contributed by atoms with van der Waals surface area (Å²) in [5.41, 5.74) is 0.300. The zero-order chi connectivity index (χ0) is 8.18. The summed E-state index contributed by atoms with van der Waals surface area (Å²) in [5, 5.41) is 5.89. The fourth-order valence-corrected chi connectivity index (χ4v) is 2.79. The van der Waals surface area contributed by atoms with Gasteiger partial charge in [-0.2, -0.15) is 0 Å². The first kappa shape index (κ1) is 6.52. The molecule has 3 unspecified atom stereocenters. The molecule has 3 atom stereocenters. The number of hydrogen-bond donors (Lipinski definition) is 2. The number of hydrogen-bond acceptors (Lipinski definition) is 1. The van der Waals surface area contributed by atoms with E-state index in [4.69, 9.17) is 0 Å². The fraction of sp³-hybridized carbons (Fsp3) is 0.667. The highest BCUT2D eigenvalue weighted by Crippen LogP contribution is 2.49. The van der Waals surface area contributed by atoms with Crippen molar-refractivity contribution in [2.45, 2.75) is 18.9 Å². The van der Waals surface area contributed by atoms with Crippen LogP contribution in [0.1, 0.15) is 12.8 Å². The van der Waals surface area contributed by atoms with E-state index in [1.165, 1.54) is 6.42 Å². The van der Waals surface area contributed by atoms with E-state index >= 15 is 0 Å². The predicted octanol–water partition coefficient (Wildman–Crippen LogP) is 0.634. The smallest absolute Gasteiger partial charge is 0.315 e. The Morgan fingerprint density at radius 2 is 2.42 bits per heavy atom. The standard InChI is InChI=1S/C9H12N2O/c12-8-10-5-9-2-1-6(3-9)7(4-9)11-8/h1-2,6-7H,3-5H2,(H2,10,11,12). The molecule has 3 bridgehead atoms. The van der Waals surface area contributed by atoms with Crippen molar-refractivity contribution >= 4 is 6.03 Å². The molecule has 1 saturated heterocycles. The number of rotatable bonds is 0. The van der Waals surface area contributed by atoms with Crippen LogP contribution in [0.3, 0.4) is 0 Å². The van der Waals surface area contributed by atoms with E-state index in [1.807, 2.05) is 0 Å². The summed E-state index contributed by atoms with van der Waals surface area (Å²) >= 11 is 0. The minimum absolute atomic E-state index is 0.00951. The molecule has 3 rings (SSSR count). The third kappa shape index (κ3) is 0.687. The summed E-state index contributed by atoms with van der Waals surface area (Å²) in [7, 11) is 0. The molecule has 0 aromatic carbocycles. The van der Waals surface area contributed by atoms with Crippen LogP contribution >= 0.6 is 0 Å². The van der Waals surface area contributed by atoms with Gasteiger partial charge in [-0.1, -0.05) is 12.2 Å². The summed E-state index contributed by atoms with van der Waals surface area (Å²) in [6.45, 7) is 0.822. The van der Waals surface area contributed by atoms with Gasteiger partial charge >= 0.3 is 6.03 Å². The Balaban J connectivity index is 1.99. The number of urea groups is 1. The monoisotopic (exact) mass is 164 g/mol. The molecule has 2 aliphatic carbocycles. The van der Waals surface area contributed by atoms with Crippen molar-refractivity contribution in [2.75, 3.05) is 6.54 Å². The van der Waals surface area contributed by atoms with Crippen molar-refractivity contribution in [3.05, 3.63) is 12.2 Å². The summed E-state index contributed by atoms with van der Waals surface area (Å²) in [6, 6.07) is 0.410. The zero-order valence-electron chi connectivity index (χ0n) is 6.84. The Bertz CT molecular complexity index is 274. The molecule has 3 heteroatoms. The molecule has 1 saturated carbocycles. The number of amides is 2. The van der Waals surface area contributed by atoms with Crippen LogP contribution in [-0.4, -0.2) is 18.6 Å². The lowest BCUT2D eigenvalue weighted by Gasteiger charge is -2.21. The Morgan fingerprint density at radius 1 is 1.50 bits per heavy atom. The Morgan fingerprint density at radius 3 is 3.33 bits per heavy atom. The number of carbonyl (C=O) groups is 1. The van der Waals surface area contributed by atoms with E-state index in [0.717, 1.165) is 13.0 Å². The molecule has 1 spiro atoms. The van der Waals surface area contributed by atoms with Gasteiger partial charge in [-0.25, -0.2) is 4.79 Å². The van der Waals surface area contributed by atoms with Gasteiger partial charge in [0.25, 0.3) is 0 Å². The van der Waals surface area contributed by atoms with Gasteiger partial charge in [-0.15, -0.1) is 0 Å². The van der Waals surface area contributed by atoms with Crippen molar-refractivity contribution in [1.82, 2.24) is 10.6 Å². The highest BCUT2D eigenvalue weighted by Gasteiger charge is 2.49. The maximum absolute atomic E-state index is 11.1. The van der Waals surface area contributed by atoms with Crippen LogP contribution in [0.25, 0.3) is 0 Å². The Hall–Kier alpha value is -0.990. The molecule has 0 aromatic rings. The van der Waals surface area contributed by atoms with E-state index < -0.39 is 0 Å². The van der Waals surface area contributed by atoms with E-state index in [2.05, 4.69) is 22.8 Å². The lowest BCUT2D eigenvalue weighted by atomic mass is 9.87. The second-order valence-corrected chi connectivity index (χ2v) is 4.23. The molecule has 2 amide bonds. The second kappa shape index (κ2) is 1.84. The van der Waals surface area contributed by atoms with Crippen molar-refractivity contribution in [2.24, 2.45) is 11.3 Å². The predicted molar refractivity (Wildman–Crippen MR) is 44.6 cm³/mol. The average molecular weight is 164 g/mol.